The van der Waals surface area contributed by atoms with E-state index in [-0.39, 0.29) is 16.4 Å². The van der Waals surface area contributed by atoms with E-state index >= 15 is 0 Å². The van der Waals surface area contributed by atoms with Crippen LogP contribution in [0.5, 0.6) is 5.75 Å². The molecule has 2 N–H and O–H groups in total. The minimum atomic E-state index is -1.87. The van der Waals surface area contributed by atoms with Gasteiger partial charge in [-0.1, -0.05) is 20.8 Å². The first-order valence-corrected chi connectivity index (χ1v) is 11.1. The zero-order chi connectivity index (χ0) is 19.0. The van der Waals surface area contributed by atoms with E-state index in [1.165, 1.54) is 0 Å². The number of nitrogens with zero attached hydrogens (tertiary/aromatic N) is 1. The van der Waals surface area contributed by atoms with Crippen LogP contribution in [0.15, 0.2) is 18.2 Å². The number of carbonyl (C=O) groups is 2. The number of aryl methyl sites for hydroxylation is 1. The Labute approximate surface area is 149 Å². The van der Waals surface area contributed by atoms with Crippen molar-refractivity contribution in [1.29, 1.82) is 0 Å². The summed E-state index contributed by atoms with van der Waals surface area (Å²) < 4.78 is 13.2. The molecule has 0 saturated carbocycles. The molecule has 1 aromatic heterocycles. The van der Waals surface area contributed by atoms with Gasteiger partial charge < -0.3 is 19.5 Å². The van der Waals surface area contributed by atoms with Crippen molar-refractivity contribution in [2.45, 2.75) is 45.5 Å². The van der Waals surface area contributed by atoms with Crippen LogP contribution in [0.1, 0.15) is 36.8 Å². The van der Waals surface area contributed by atoms with E-state index in [0.717, 1.165) is 16.6 Å². The first-order chi connectivity index (χ1) is 11.5. The predicted molar refractivity (Wildman–Crippen MR) is 101 cm³/mol. The number of hydrogen-bond donors (Lipinski definition) is 1. The largest absolute Gasteiger partial charge is 0.411 e. The van der Waals surface area contributed by atoms with Crippen LogP contribution in [0.25, 0.3) is 10.9 Å². The van der Waals surface area contributed by atoms with Gasteiger partial charge in [-0.2, -0.15) is 0 Å². The molecule has 7 heteroatoms. The highest BCUT2D eigenvalue weighted by Crippen LogP contribution is 2.37. The first-order valence-electron chi connectivity index (χ1n) is 8.15. The zero-order valence-corrected chi connectivity index (χ0v) is 16.7. The Morgan fingerprint density at radius 2 is 1.92 bits per heavy atom. The summed E-state index contributed by atoms with van der Waals surface area (Å²) in [5.41, 5.74) is 7.19. The lowest BCUT2D eigenvalue weighted by Crippen LogP contribution is -2.40. The Morgan fingerprint density at radius 3 is 2.44 bits per heavy atom. The van der Waals surface area contributed by atoms with Crippen molar-refractivity contribution in [3.63, 3.8) is 0 Å². The van der Waals surface area contributed by atoms with Gasteiger partial charge in [-0.05, 0) is 30.3 Å². The van der Waals surface area contributed by atoms with Crippen molar-refractivity contribution in [3.8, 4) is 5.75 Å². The number of hydrogen-bond acceptors (Lipinski definition) is 4. The van der Waals surface area contributed by atoms with E-state index in [0.29, 0.717) is 12.9 Å². The van der Waals surface area contributed by atoms with Crippen LogP contribution in [0.4, 0.5) is 4.79 Å². The van der Waals surface area contributed by atoms with Crippen molar-refractivity contribution in [2.75, 3.05) is 0 Å². The van der Waals surface area contributed by atoms with Gasteiger partial charge in [-0.25, -0.2) is 4.79 Å². The third-order valence-electron chi connectivity index (χ3n) is 5.00. The average Bonchev–Trinajstić information content (AvgIpc) is 2.79. The lowest BCUT2D eigenvalue weighted by molar-refractivity contribution is 0.112. The van der Waals surface area contributed by atoms with E-state index in [1.807, 2.05) is 17.7 Å². The maximum absolute atomic E-state index is 11.3. The predicted octanol–water partition coefficient (Wildman–Crippen LogP) is 3.97. The third-order valence-corrected chi connectivity index (χ3v) is 9.48. The van der Waals surface area contributed by atoms with Crippen LogP contribution in [0.2, 0.25) is 18.1 Å². The van der Waals surface area contributed by atoms with Gasteiger partial charge in [-0.3, -0.25) is 4.79 Å². The molecule has 25 heavy (non-hydrogen) atoms. The molecule has 0 aliphatic carbocycles. The summed E-state index contributed by atoms with van der Waals surface area (Å²) in [4.78, 5) is 22.3. The molecule has 0 unspecified atom stereocenters. The fraction of sp³-hybridized carbons (Fsp3) is 0.444. The van der Waals surface area contributed by atoms with Gasteiger partial charge in [0.05, 0.1) is 17.7 Å². The molecule has 6 nitrogen and oxygen atoms in total. The normalized spacial score (nSPS) is 12.4. The van der Waals surface area contributed by atoms with Gasteiger partial charge in [0.2, 0.25) is 0 Å². The molecule has 0 fully saturated rings. The number of ether oxygens (including phenoxy) is 1. The molecule has 0 bridgehead atoms. The summed E-state index contributed by atoms with van der Waals surface area (Å²) >= 11 is 0. The quantitative estimate of drug-likeness (QED) is 0.644. The molecule has 1 heterocycles. The summed E-state index contributed by atoms with van der Waals surface area (Å²) in [7, 11) is 0.0525. The van der Waals surface area contributed by atoms with E-state index < -0.39 is 14.4 Å². The molecule has 0 aliphatic rings. The molecule has 136 valence electrons. The molecule has 0 radical (unpaired) electrons. The molecule has 1 amide bonds. The van der Waals surface area contributed by atoms with Gasteiger partial charge in [0.1, 0.15) is 5.75 Å². The first kappa shape index (κ1) is 19.2. The second-order valence-electron chi connectivity index (χ2n) is 7.73. The smallest absolute Gasteiger partial charge is 0.409 e. The highest BCUT2D eigenvalue weighted by atomic mass is 28.4. The van der Waals surface area contributed by atoms with Crippen LogP contribution < -0.4 is 10.5 Å². The minimum Gasteiger partial charge on any atom is -0.411 e. The molecule has 2 rings (SSSR count). The zero-order valence-electron chi connectivity index (χ0n) is 15.7. The summed E-state index contributed by atoms with van der Waals surface area (Å²) in [6.45, 7) is 11.5. The van der Waals surface area contributed by atoms with Gasteiger partial charge in [0, 0.05) is 24.2 Å². The number of aromatic nitrogens is 1. The lowest BCUT2D eigenvalue weighted by atomic mass is 10.1. The molecule has 0 aliphatic heterocycles. The standard InChI is InChI=1S/C18H26N2O4Si/c1-18(2,3)25(5,6)23-11-14-8-12-7-13(10-21)16(24-17(19)22)9-15(12)20(14)4/h7-10H,11H2,1-6H3,(H2,19,22). The van der Waals surface area contributed by atoms with Gasteiger partial charge in [0.25, 0.3) is 0 Å². The third kappa shape index (κ3) is 3.93. The number of primary amides is 1. The monoisotopic (exact) mass is 362 g/mol. The summed E-state index contributed by atoms with van der Waals surface area (Å²) in [6.07, 6.45) is -0.297. The highest BCUT2D eigenvalue weighted by Gasteiger charge is 2.37. The van der Waals surface area contributed by atoms with Crippen LogP contribution in [0, 0.1) is 0 Å². The van der Waals surface area contributed by atoms with Gasteiger partial charge in [0.15, 0.2) is 14.6 Å². The number of rotatable bonds is 5. The molecule has 0 atom stereocenters. The molecular formula is C18H26N2O4Si. The Hall–Kier alpha value is -2.12. The second-order valence-corrected chi connectivity index (χ2v) is 12.5. The van der Waals surface area contributed by atoms with Crippen LogP contribution in [-0.4, -0.2) is 25.3 Å². The highest BCUT2D eigenvalue weighted by molar-refractivity contribution is 6.74. The van der Waals surface area contributed by atoms with E-state index in [4.69, 9.17) is 14.9 Å². The van der Waals surface area contributed by atoms with E-state index in [1.54, 1.807) is 12.1 Å². The Bertz CT molecular complexity index is 819. The Kier molecular flexibility index (Phi) is 5.11. The summed E-state index contributed by atoms with van der Waals surface area (Å²) in [5.74, 6) is 0.160. The van der Waals surface area contributed by atoms with Crippen molar-refractivity contribution < 1.29 is 18.8 Å². The van der Waals surface area contributed by atoms with Gasteiger partial charge in [-0.15, -0.1) is 0 Å². The maximum atomic E-state index is 11.3. The average molecular weight is 363 g/mol. The number of aldehydes is 1. The number of fused-ring (bicyclic) bond motifs is 1. The van der Waals surface area contributed by atoms with Crippen LogP contribution >= 0.6 is 0 Å². The Morgan fingerprint density at radius 1 is 1.28 bits per heavy atom. The fourth-order valence-electron chi connectivity index (χ4n) is 2.34. The lowest BCUT2D eigenvalue weighted by Gasteiger charge is -2.36. The number of benzene rings is 1. The van der Waals surface area contributed by atoms with Crippen LogP contribution in [-0.2, 0) is 18.1 Å². The van der Waals surface area contributed by atoms with Crippen LogP contribution in [0.3, 0.4) is 0 Å². The summed E-state index contributed by atoms with van der Waals surface area (Å²) in [5, 5.41) is 1.01. The van der Waals surface area contributed by atoms with E-state index in [9.17, 15) is 9.59 Å². The van der Waals surface area contributed by atoms with Crippen molar-refractivity contribution in [1.82, 2.24) is 4.57 Å². The van der Waals surface area contributed by atoms with E-state index in [2.05, 4.69) is 33.9 Å². The summed E-state index contributed by atoms with van der Waals surface area (Å²) in [6, 6.07) is 5.33. The molecule has 0 spiro atoms. The van der Waals surface area contributed by atoms with Crippen molar-refractivity contribution >= 4 is 31.6 Å². The number of amides is 1. The minimum absolute atomic E-state index is 0.130. The molecule has 0 saturated heterocycles. The topological polar surface area (TPSA) is 83.6 Å². The van der Waals surface area contributed by atoms with Crippen molar-refractivity contribution in [2.24, 2.45) is 12.8 Å². The second kappa shape index (κ2) is 6.65. The maximum Gasteiger partial charge on any atom is 0.409 e. The fourth-order valence-corrected chi connectivity index (χ4v) is 3.28. The molecule has 2 aromatic rings. The van der Waals surface area contributed by atoms with Gasteiger partial charge >= 0.3 is 6.09 Å². The Balaban J connectivity index is 2.39. The van der Waals surface area contributed by atoms with Crippen molar-refractivity contribution in [3.05, 3.63) is 29.5 Å². The number of nitrogens with two attached hydrogens (primary N) is 1. The molecular weight excluding hydrogens is 336 g/mol. The molecule has 1 aromatic carbocycles. The number of carbonyl (C=O) groups excluding carboxylic acids is 2. The SMILES string of the molecule is Cn1c(CO[Si](C)(C)C(C)(C)C)cc2cc(C=O)c(OC(N)=O)cc21.